The molecule has 2 aliphatic rings. The van der Waals surface area contributed by atoms with Crippen LogP contribution in [0.25, 0.3) is 66.1 Å². The van der Waals surface area contributed by atoms with E-state index in [0.717, 1.165) is 50.2 Å². The molecule has 2 aliphatic carbocycles. The Morgan fingerprint density at radius 3 is 1.95 bits per heavy atom. The summed E-state index contributed by atoms with van der Waals surface area (Å²) in [6, 6.07) is 47.3. The van der Waals surface area contributed by atoms with Crippen LogP contribution in [0.2, 0.25) is 0 Å². The Labute approximate surface area is 347 Å². The van der Waals surface area contributed by atoms with E-state index in [-0.39, 0.29) is 21.7 Å². The van der Waals surface area contributed by atoms with Crippen molar-refractivity contribution in [3.63, 3.8) is 0 Å². The molecular formula is C56H51NO2. The van der Waals surface area contributed by atoms with Crippen molar-refractivity contribution in [2.24, 2.45) is 0 Å². The van der Waals surface area contributed by atoms with Crippen molar-refractivity contribution in [3.05, 3.63) is 161 Å². The molecule has 59 heavy (non-hydrogen) atoms. The lowest BCUT2D eigenvalue weighted by molar-refractivity contribution is 0.556. The van der Waals surface area contributed by atoms with Gasteiger partial charge in [0.25, 0.3) is 0 Å². The van der Waals surface area contributed by atoms with E-state index in [9.17, 15) is 0 Å². The van der Waals surface area contributed by atoms with E-state index in [1.807, 2.05) is 0 Å². The molecule has 0 atom stereocenters. The Morgan fingerprint density at radius 1 is 0.475 bits per heavy atom. The number of anilines is 3. The average molecular weight is 770 g/mol. The van der Waals surface area contributed by atoms with Crippen LogP contribution in [-0.4, -0.2) is 0 Å². The highest BCUT2D eigenvalue weighted by atomic mass is 16.3. The zero-order chi connectivity index (χ0) is 41.0. The molecule has 0 saturated heterocycles. The van der Waals surface area contributed by atoms with Gasteiger partial charge in [-0.15, -0.1) is 0 Å². The third-order valence-corrected chi connectivity index (χ3v) is 13.7. The molecule has 3 nitrogen and oxygen atoms in total. The molecule has 0 amide bonds. The maximum Gasteiger partial charge on any atom is 0.140 e. The highest BCUT2D eigenvalue weighted by Crippen LogP contribution is 2.59. The molecule has 0 fully saturated rings. The van der Waals surface area contributed by atoms with Crippen LogP contribution in [0.3, 0.4) is 0 Å². The van der Waals surface area contributed by atoms with Gasteiger partial charge in [-0.3, -0.25) is 0 Å². The van der Waals surface area contributed by atoms with Crippen LogP contribution in [-0.2, 0) is 21.7 Å². The summed E-state index contributed by atoms with van der Waals surface area (Å²) in [6.07, 6.45) is 0. The number of furan rings is 2. The monoisotopic (exact) mass is 769 g/mol. The number of hydrogen-bond acceptors (Lipinski definition) is 3. The van der Waals surface area contributed by atoms with Crippen LogP contribution < -0.4 is 4.90 Å². The maximum absolute atomic E-state index is 7.23. The van der Waals surface area contributed by atoms with E-state index in [2.05, 4.69) is 202 Å². The van der Waals surface area contributed by atoms with E-state index in [1.165, 1.54) is 66.4 Å². The van der Waals surface area contributed by atoms with Crippen LogP contribution in [0.1, 0.15) is 103 Å². The van der Waals surface area contributed by atoms with Crippen molar-refractivity contribution in [3.8, 4) is 22.3 Å². The fourth-order valence-corrected chi connectivity index (χ4v) is 10.6. The summed E-state index contributed by atoms with van der Waals surface area (Å²) in [7, 11) is 0. The quantitative estimate of drug-likeness (QED) is 0.179. The molecule has 3 heteroatoms. The lowest BCUT2D eigenvalue weighted by Gasteiger charge is -2.30. The fourth-order valence-electron chi connectivity index (χ4n) is 10.6. The Hall–Kier alpha value is -6.06. The number of fused-ring (bicyclic) bond motifs is 13. The minimum atomic E-state index is -0.329. The largest absolute Gasteiger partial charge is 0.456 e. The van der Waals surface area contributed by atoms with E-state index >= 15 is 0 Å². The summed E-state index contributed by atoms with van der Waals surface area (Å²) in [5.41, 5.74) is 19.5. The summed E-state index contributed by atoms with van der Waals surface area (Å²) < 4.78 is 13.8. The van der Waals surface area contributed by atoms with Crippen molar-refractivity contribution in [1.82, 2.24) is 0 Å². The van der Waals surface area contributed by atoms with Gasteiger partial charge in [0, 0.05) is 49.4 Å². The smallest absolute Gasteiger partial charge is 0.140 e. The number of hydrogen-bond donors (Lipinski definition) is 0. The maximum atomic E-state index is 7.23. The van der Waals surface area contributed by atoms with Crippen LogP contribution in [0.4, 0.5) is 17.1 Å². The highest BCUT2D eigenvalue weighted by molar-refractivity contribution is 6.15. The predicted octanol–water partition coefficient (Wildman–Crippen LogP) is 16.2. The first kappa shape index (κ1) is 36.1. The van der Waals surface area contributed by atoms with Crippen LogP contribution in [0.5, 0.6) is 0 Å². The van der Waals surface area contributed by atoms with Gasteiger partial charge in [0.05, 0.1) is 16.8 Å². The second kappa shape index (κ2) is 11.8. The molecule has 7 aromatic carbocycles. The van der Waals surface area contributed by atoms with Gasteiger partial charge >= 0.3 is 0 Å². The number of benzene rings is 7. The SMILES string of the molecule is CC(C)(C)c1cc(C(C)(C)C)c2oc3c4c(ccc3c2c1)-c1c(N(c2ccc3c(c2)C(C)(C)c2ccccc2-3)c2cccc3oc5ccccc5c23)cccc1C4(C)C. The van der Waals surface area contributed by atoms with E-state index < -0.39 is 0 Å². The van der Waals surface area contributed by atoms with Crippen molar-refractivity contribution in [2.45, 2.75) is 90.9 Å². The molecule has 11 rings (SSSR count). The summed E-state index contributed by atoms with van der Waals surface area (Å²) in [5.74, 6) is 0. The molecular weight excluding hydrogens is 719 g/mol. The Bertz CT molecular complexity index is 3240. The molecule has 2 heterocycles. The summed E-state index contributed by atoms with van der Waals surface area (Å²) >= 11 is 0. The van der Waals surface area contributed by atoms with E-state index in [1.54, 1.807) is 0 Å². The zero-order valence-corrected chi connectivity index (χ0v) is 35.9. The van der Waals surface area contributed by atoms with E-state index in [0.29, 0.717) is 0 Å². The summed E-state index contributed by atoms with van der Waals surface area (Å²) in [5, 5.41) is 4.61. The molecule has 0 N–H and O–H groups in total. The van der Waals surface area contributed by atoms with Gasteiger partial charge < -0.3 is 13.7 Å². The van der Waals surface area contributed by atoms with Gasteiger partial charge in [-0.05, 0) is 98.3 Å². The molecule has 9 aromatic rings. The van der Waals surface area contributed by atoms with Gasteiger partial charge in [0.2, 0.25) is 0 Å². The van der Waals surface area contributed by atoms with Crippen LogP contribution >= 0.6 is 0 Å². The van der Waals surface area contributed by atoms with Crippen LogP contribution in [0.15, 0.2) is 136 Å². The van der Waals surface area contributed by atoms with Crippen molar-refractivity contribution in [2.75, 3.05) is 4.90 Å². The molecule has 2 aromatic heterocycles. The summed E-state index contributed by atoms with van der Waals surface area (Å²) in [6.45, 7) is 23.3. The normalized spacial score (nSPS) is 15.2. The number of rotatable bonds is 3. The van der Waals surface area contributed by atoms with E-state index in [4.69, 9.17) is 8.83 Å². The first-order valence-corrected chi connectivity index (χ1v) is 21.2. The molecule has 0 radical (unpaired) electrons. The second-order valence-corrected chi connectivity index (χ2v) is 20.2. The number of nitrogens with zero attached hydrogens (tertiary/aromatic N) is 1. The highest BCUT2D eigenvalue weighted by Gasteiger charge is 2.42. The first-order valence-electron chi connectivity index (χ1n) is 21.2. The van der Waals surface area contributed by atoms with Gasteiger partial charge in [-0.1, -0.05) is 148 Å². The zero-order valence-electron chi connectivity index (χ0n) is 35.9. The third kappa shape index (κ3) is 4.94. The Balaban J connectivity index is 1.21. The lowest BCUT2D eigenvalue weighted by atomic mass is 9.79. The standard InChI is InChI=1S/C56H51NO2/c1-53(2,3)32-29-39-36-27-28-38-48-41(56(9,10)50(38)52(36)59-51(39)43(30-32)54(4,5)6)20-15-21-44(48)57(45-22-16-24-47-49(45)37-18-12-14-23-46(37)58-47)33-25-26-35-34-17-11-13-19-40(34)55(7,8)42(35)31-33/h11-31H,1-10H3. The van der Waals surface area contributed by atoms with Gasteiger partial charge in [-0.2, -0.15) is 0 Å². The molecule has 0 saturated carbocycles. The van der Waals surface area contributed by atoms with Gasteiger partial charge in [0.15, 0.2) is 0 Å². The predicted molar refractivity (Wildman–Crippen MR) is 248 cm³/mol. The van der Waals surface area contributed by atoms with Crippen molar-refractivity contribution in [1.29, 1.82) is 0 Å². The second-order valence-electron chi connectivity index (χ2n) is 20.2. The molecule has 0 unspecified atom stereocenters. The molecule has 0 bridgehead atoms. The molecule has 0 spiro atoms. The van der Waals surface area contributed by atoms with Crippen molar-refractivity contribution >= 4 is 60.9 Å². The van der Waals surface area contributed by atoms with Gasteiger partial charge in [-0.25, -0.2) is 0 Å². The van der Waals surface area contributed by atoms with Crippen LogP contribution in [0, 0.1) is 0 Å². The van der Waals surface area contributed by atoms with Crippen molar-refractivity contribution < 1.29 is 8.83 Å². The number of para-hydroxylation sites is 1. The van der Waals surface area contributed by atoms with Gasteiger partial charge in [0.1, 0.15) is 22.3 Å². The summed E-state index contributed by atoms with van der Waals surface area (Å²) in [4.78, 5) is 2.50. The fraction of sp³-hybridized carbons (Fsp3) is 0.250. The Morgan fingerprint density at radius 2 is 1.15 bits per heavy atom. The minimum absolute atomic E-state index is 0.00110. The first-order chi connectivity index (χ1) is 28.0. The average Bonchev–Trinajstić information content (AvgIpc) is 3.90. The molecule has 292 valence electrons. The lowest BCUT2D eigenvalue weighted by Crippen LogP contribution is -2.17. The Kier molecular flexibility index (Phi) is 7.20. The topological polar surface area (TPSA) is 29.5 Å². The molecule has 0 aliphatic heterocycles. The third-order valence-electron chi connectivity index (χ3n) is 13.7. The minimum Gasteiger partial charge on any atom is -0.456 e.